The van der Waals surface area contributed by atoms with Gasteiger partial charge in [-0.15, -0.1) is 6.42 Å². The standard InChI is InChI=1S/C22H16BrClN2O4S2/c1-4-7-30-19-15(23)9-13(10-17(19)29-3)11-18-21(28)26(22(31)32-18)25-20(27)14-6-5-12(2)8-16(14)24/h1,5-6,8-11H,7H2,2-3H3,(H,25,27)/b18-11-. The first-order valence-electron chi connectivity index (χ1n) is 9.04. The second-order valence-corrected chi connectivity index (χ2v) is 9.41. The molecule has 6 nitrogen and oxygen atoms in total. The highest BCUT2D eigenvalue weighted by molar-refractivity contribution is 9.10. The number of carbonyl (C=O) groups excluding carboxylic acids is 2. The maximum absolute atomic E-state index is 12.9. The number of thioether (sulfide) groups is 1. The summed E-state index contributed by atoms with van der Waals surface area (Å²) < 4.78 is 11.7. The van der Waals surface area contributed by atoms with E-state index >= 15 is 0 Å². The molecule has 0 spiro atoms. The number of methoxy groups -OCH3 is 1. The predicted octanol–water partition coefficient (Wildman–Crippen LogP) is 4.98. The minimum atomic E-state index is -0.535. The number of rotatable bonds is 6. The lowest BCUT2D eigenvalue weighted by Gasteiger charge is -2.16. The number of ether oxygens (including phenoxy) is 2. The SMILES string of the molecule is C#CCOc1c(Br)cc(/C=C2\SC(=S)N(NC(=O)c3ccc(C)cc3Cl)C2=O)cc1OC. The van der Waals surface area contributed by atoms with Crippen LogP contribution in [0.4, 0.5) is 0 Å². The van der Waals surface area contributed by atoms with Gasteiger partial charge in [-0.05, 0) is 76.5 Å². The normalized spacial score (nSPS) is 14.5. The van der Waals surface area contributed by atoms with Crippen LogP contribution in [0.3, 0.4) is 0 Å². The van der Waals surface area contributed by atoms with E-state index in [2.05, 4.69) is 27.3 Å². The maximum Gasteiger partial charge on any atom is 0.285 e. The summed E-state index contributed by atoms with van der Waals surface area (Å²) in [6, 6.07) is 8.48. The fourth-order valence-corrected chi connectivity index (χ4v) is 4.83. The summed E-state index contributed by atoms with van der Waals surface area (Å²) >= 11 is 15.9. The molecule has 1 saturated heterocycles. The molecule has 1 aliphatic heterocycles. The van der Waals surface area contributed by atoms with Crippen molar-refractivity contribution in [3.8, 4) is 23.8 Å². The van der Waals surface area contributed by atoms with Crippen LogP contribution in [0.1, 0.15) is 21.5 Å². The minimum Gasteiger partial charge on any atom is -0.493 e. The van der Waals surface area contributed by atoms with E-state index in [1.54, 1.807) is 36.4 Å². The molecule has 2 aromatic carbocycles. The molecule has 0 aromatic heterocycles. The Bertz CT molecular complexity index is 1190. The first-order valence-corrected chi connectivity index (χ1v) is 11.4. The van der Waals surface area contributed by atoms with Crippen LogP contribution in [0.2, 0.25) is 5.02 Å². The zero-order chi connectivity index (χ0) is 23.4. The van der Waals surface area contributed by atoms with Crippen LogP contribution < -0.4 is 14.9 Å². The van der Waals surface area contributed by atoms with Gasteiger partial charge in [-0.25, -0.2) is 0 Å². The van der Waals surface area contributed by atoms with E-state index in [1.807, 2.05) is 6.92 Å². The minimum absolute atomic E-state index is 0.0810. The van der Waals surface area contributed by atoms with E-state index in [0.717, 1.165) is 22.3 Å². The average molecular weight is 552 g/mol. The number of halogens is 2. The van der Waals surface area contributed by atoms with E-state index in [4.69, 9.17) is 39.7 Å². The van der Waals surface area contributed by atoms with E-state index in [0.29, 0.717) is 26.4 Å². The molecule has 1 N–H and O–H groups in total. The molecule has 0 saturated carbocycles. The van der Waals surface area contributed by atoms with Gasteiger partial charge in [0.2, 0.25) is 0 Å². The highest BCUT2D eigenvalue weighted by atomic mass is 79.9. The zero-order valence-electron chi connectivity index (χ0n) is 16.9. The summed E-state index contributed by atoms with van der Waals surface area (Å²) in [5.41, 5.74) is 4.34. The first kappa shape index (κ1) is 24.1. The molecule has 2 amide bonds. The number of benzene rings is 2. The molecular formula is C22H16BrClN2O4S2. The molecule has 0 unspecified atom stereocenters. The van der Waals surface area contributed by atoms with Gasteiger partial charge in [0, 0.05) is 0 Å². The van der Waals surface area contributed by atoms with Crippen molar-refractivity contribution in [3.05, 3.63) is 61.4 Å². The van der Waals surface area contributed by atoms with Crippen LogP contribution >= 0.6 is 51.5 Å². The van der Waals surface area contributed by atoms with Crippen LogP contribution in [0.5, 0.6) is 11.5 Å². The van der Waals surface area contributed by atoms with Gasteiger partial charge < -0.3 is 9.47 Å². The van der Waals surface area contributed by atoms with E-state index in [-0.39, 0.29) is 21.5 Å². The van der Waals surface area contributed by atoms with Crippen molar-refractivity contribution < 1.29 is 19.1 Å². The summed E-state index contributed by atoms with van der Waals surface area (Å²) in [6.07, 6.45) is 6.89. The van der Waals surface area contributed by atoms with Crippen LogP contribution in [0, 0.1) is 19.3 Å². The lowest BCUT2D eigenvalue weighted by Crippen LogP contribution is -2.44. The molecule has 0 atom stereocenters. The quantitative estimate of drug-likeness (QED) is 0.310. The fourth-order valence-electron chi connectivity index (χ4n) is 2.76. The number of nitrogens with one attached hydrogen (secondary N) is 1. The number of hydrazine groups is 1. The maximum atomic E-state index is 12.9. The molecule has 3 rings (SSSR count). The van der Waals surface area contributed by atoms with Gasteiger partial charge >= 0.3 is 0 Å². The van der Waals surface area contributed by atoms with Gasteiger partial charge in [-0.3, -0.25) is 15.0 Å². The van der Waals surface area contributed by atoms with Crippen molar-refractivity contribution in [1.29, 1.82) is 0 Å². The monoisotopic (exact) mass is 550 g/mol. The third-order valence-corrected chi connectivity index (χ3v) is 6.43. The third-order valence-electron chi connectivity index (χ3n) is 4.23. The smallest absolute Gasteiger partial charge is 0.285 e. The largest absolute Gasteiger partial charge is 0.493 e. The number of thiocarbonyl (C=S) groups is 1. The topological polar surface area (TPSA) is 67.9 Å². The van der Waals surface area contributed by atoms with Crippen molar-refractivity contribution in [3.63, 3.8) is 0 Å². The van der Waals surface area contributed by atoms with Gasteiger partial charge in [-0.2, -0.15) is 5.01 Å². The molecule has 0 aliphatic carbocycles. The number of hydrogen-bond donors (Lipinski definition) is 1. The van der Waals surface area contributed by atoms with Crippen molar-refractivity contribution in [1.82, 2.24) is 10.4 Å². The van der Waals surface area contributed by atoms with Crippen molar-refractivity contribution in [2.24, 2.45) is 0 Å². The molecule has 1 fully saturated rings. The van der Waals surface area contributed by atoms with Crippen LogP contribution in [-0.2, 0) is 4.79 Å². The van der Waals surface area contributed by atoms with Crippen LogP contribution in [-0.4, -0.2) is 34.9 Å². The Balaban J connectivity index is 1.83. The number of nitrogens with zero attached hydrogens (tertiary/aromatic N) is 1. The van der Waals surface area contributed by atoms with E-state index in [9.17, 15) is 9.59 Å². The summed E-state index contributed by atoms with van der Waals surface area (Å²) in [6.45, 7) is 1.94. The van der Waals surface area contributed by atoms with Gasteiger partial charge in [0.05, 0.1) is 27.1 Å². The van der Waals surface area contributed by atoms with Gasteiger partial charge in [0.25, 0.3) is 11.8 Å². The molecular weight excluding hydrogens is 536 g/mol. The zero-order valence-corrected chi connectivity index (χ0v) is 20.9. The molecule has 0 radical (unpaired) electrons. The highest BCUT2D eigenvalue weighted by Crippen LogP contribution is 2.39. The number of terminal acetylenes is 1. The number of amides is 2. The number of aryl methyl sites for hydroxylation is 1. The van der Waals surface area contributed by atoms with Crippen LogP contribution in [0.15, 0.2) is 39.7 Å². The predicted molar refractivity (Wildman–Crippen MR) is 134 cm³/mol. The van der Waals surface area contributed by atoms with E-state index < -0.39 is 11.8 Å². The third kappa shape index (κ3) is 5.27. The summed E-state index contributed by atoms with van der Waals surface area (Å²) in [4.78, 5) is 25.8. The molecule has 1 heterocycles. The Morgan fingerprint density at radius 3 is 2.81 bits per heavy atom. The average Bonchev–Trinajstić information content (AvgIpc) is 2.99. The molecule has 164 valence electrons. The van der Waals surface area contributed by atoms with Crippen molar-refractivity contribution >= 4 is 73.7 Å². The first-order chi connectivity index (χ1) is 15.2. The fraction of sp³-hybridized carbons (Fsp3) is 0.136. The molecule has 0 bridgehead atoms. The van der Waals surface area contributed by atoms with Crippen molar-refractivity contribution in [2.75, 3.05) is 13.7 Å². The summed E-state index contributed by atoms with van der Waals surface area (Å²) in [5, 5.41) is 1.31. The summed E-state index contributed by atoms with van der Waals surface area (Å²) in [7, 11) is 1.50. The Labute approximate surface area is 208 Å². The van der Waals surface area contributed by atoms with Gasteiger partial charge in [0.15, 0.2) is 15.8 Å². The number of carbonyl (C=O) groups is 2. The molecule has 1 aliphatic rings. The van der Waals surface area contributed by atoms with Gasteiger partial charge in [-0.1, -0.05) is 35.3 Å². The Hall–Kier alpha value is -2.51. The Morgan fingerprint density at radius 2 is 2.16 bits per heavy atom. The number of hydrogen-bond acceptors (Lipinski definition) is 6. The van der Waals surface area contributed by atoms with E-state index in [1.165, 1.54) is 7.11 Å². The Kier molecular flexibility index (Phi) is 7.85. The molecule has 2 aromatic rings. The van der Waals surface area contributed by atoms with Crippen molar-refractivity contribution in [2.45, 2.75) is 6.92 Å². The second kappa shape index (κ2) is 10.4. The molecule has 10 heteroatoms. The lowest BCUT2D eigenvalue weighted by molar-refractivity contribution is -0.123. The molecule has 32 heavy (non-hydrogen) atoms. The lowest BCUT2D eigenvalue weighted by atomic mass is 10.1. The van der Waals surface area contributed by atoms with Gasteiger partial charge in [0.1, 0.15) is 6.61 Å². The highest BCUT2D eigenvalue weighted by Gasteiger charge is 2.34. The summed E-state index contributed by atoms with van der Waals surface area (Å²) in [5.74, 6) is 2.30. The van der Waals surface area contributed by atoms with Crippen LogP contribution in [0.25, 0.3) is 6.08 Å². The second-order valence-electron chi connectivity index (χ2n) is 6.47. The Morgan fingerprint density at radius 1 is 1.41 bits per heavy atom.